The summed E-state index contributed by atoms with van der Waals surface area (Å²) in [6, 6.07) is 19.8. The van der Waals surface area contributed by atoms with E-state index in [9.17, 15) is 0 Å². The number of methoxy groups -OCH3 is 1. The number of benzene rings is 2. The molecule has 0 bridgehead atoms. The summed E-state index contributed by atoms with van der Waals surface area (Å²) in [6.45, 7) is 14.6. The van der Waals surface area contributed by atoms with Crippen molar-refractivity contribution < 1.29 is 4.74 Å². The van der Waals surface area contributed by atoms with E-state index in [1.807, 2.05) is 21.0 Å². The quantitative estimate of drug-likeness (QED) is 0.367. The molecular weight excluding hydrogens is 402 g/mol. The average Bonchev–Trinajstić information content (AvgIpc) is 2.88. The van der Waals surface area contributed by atoms with Gasteiger partial charge in [-0.2, -0.15) is 0 Å². The normalized spacial score (nSPS) is 17.5. The zero-order valence-corrected chi connectivity index (χ0v) is 21.8. The average molecular weight is 448 g/mol. The summed E-state index contributed by atoms with van der Waals surface area (Å²) >= 11 is 0. The number of piperidine rings is 1. The molecule has 2 heteroatoms. The van der Waals surface area contributed by atoms with Crippen LogP contribution in [0.3, 0.4) is 0 Å². The van der Waals surface area contributed by atoms with Gasteiger partial charge in [-0.25, -0.2) is 0 Å². The molecule has 1 aliphatic rings. The Morgan fingerprint density at radius 1 is 1.00 bits per heavy atom. The zero-order chi connectivity index (χ0) is 24.1. The van der Waals surface area contributed by atoms with Crippen molar-refractivity contribution >= 4 is 0 Å². The van der Waals surface area contributed by atoms with E-state index in [-0.39, 0.29) is 5.41 Å². The van der Waals surface area contributed by atoms with E-state index in [0.29, 0.717) is 12.5 Å². The molecule has 0 radical (unpaired) electrons. The largest absolute Gasteiger partial charge is 0.383 e. The minimum atomic E-state index is -0.127. The summed E-state index contributed by atoms with van der Waals surface area (Å²) in [7, 11) is 1.83. The number of aryl methyl sites for hydroxylation is 1. The van der Waals surface area contributed by atoms with E-state index in [1.165, 1.54) is 48.2 Å². The van der Waals surface area contributed by atoms with Crippen LogP contribution in [-0.4, -0.2) is 38.3 Å². The van der Waals surface area contributed by atoms with Gasteiger partial charge < -0.3 is 9.64 Å². The third-order valence-electron chi connectivity index (χ3n) is 6.98. The number of hydrogen-bond donors (Lipinski definition) is 0. The Morgan fingerprint density at radius 2 is 1.64 bits per heavy atom. The van der Waals surface area contributed by atoms with Crippen molar-refractivity contribution in [3.63, 3.8) is 0 Å². The van der Waals surface area contributed by atoms with Gasteiger partial charge in [-0.05, 0) is 87.8 Å². The molecule has 0 amide bonds. The van der Waals surface area contributed by atoms with Crippen LogP contribution >= 0.6 is 0 Å². The highest BCUT2D eigenvalue weighted by molar-refractivity contribution is 5.43. The second-order valence-electron chi connectivity index (χ2n) is 8.85. The van der Waals surface area contributed by atoms with Gasteiger partial charge in [-0.3, -0.25) is 0 Å². The molecular formula is C31H45NO. The molecule has 1 unspecified atom stereocenters. The summed E-state index contributed by atoms with van der Waals surface area (Å²) < 4.78 is 5.87. The first-order chi connectivity index (χ1) is 16.1. The number of nitrogens with zero attached hydrogens (tertiary/aromatic N) is 1. The highest BCUT2D eigenvalue weighted by Crippen LogP contribution is 2.38. The fraction of sp³-hybridized carbons (Fsp3) is 0.484. The Labute approximate surface area is 203 Å². The van der Waals surface area contributed by atoms with Crippen LogP contribution in [0.5, 0.6) is 0 Å². The Morgan fingerprint density at radius 3 is 2.21 bits per heavy atom. The molecule has 33 heavy (non-hydrogen) atoms. The SMILES string of the molecule is C/C=C\C(=C/C)C1CCN(CCC(COC)(c2ccccc2)c2ccccc2C)CC1.CC. The Balaban J connectivity index is 0.00000187. The summed E-state index contributed by atoms with van der Waals surface area (Å²) in [4.78, 5) is 2.66. The van der Waals surface area contributed by atoms with Crippen LogP contribution in [0.25, 0.3) is 0 Å². The van der Waals surface area contributed by atoms with Gasteiger partial charge in [0.15, 0.2) is 0 Å². The fourth-order valence-corrected chi connectivity index (χ4v) is 5.28. The summed E-state index contributed by atoms with van der Waals surface area (Å²) in [5, 5.41) is 0. The van der Waals surface area contributed by atoms with Crippen LogP contribution in [0.15, 0.2) is 78.4 Å². The maximum absolute atomic E-state index is 5.87. The summed E-state index contributed by atoms with van der Waals surface area (Å²) in [5.41, 5.74) is 5.45. The first kappa shape index (κ1) is 27.1. The van der Waals surface area contributed by atoms with E-state index < -0.39 is 0 Å². The van der Waals surface area contributed by atoms with Crippen LogP contribution in [-0.2, 0) is 10.2 Å². The van der Waals surface area contributed by atoms with E-state index in [1.54, 1.807) is 0 Å². The minimum absolute atomic E-state index is 0.127. The maximum Gasteiger partial charge on any atom is 0.0600 e. The van der Waals surface area contributed by atoms with Gasteiger partial charge in [0.1, 0.15) is 0 Å². The van der Waals surface area contributed by atoms with Crippen LogP contribution in [0.4, 0.5) is 0 Å². The molecule has 0 N–H and O–H groups in total. The first-order valence-electron chi connectivity index (χ1n) is 12.8. The van der Waals surface area contributed by atoms with Crippen molar-refractivity contribution in [1.82, 2.24) is 4.90 Å². The van der Waals surface area contributed by atoms with Gasteiger partial charge in [0.2, 0.25) is 0 Å². The second-order valence-corrected chi connectivity index (χ2v) is 8.85. The minimum Gasteiger partial charge on any atom is -0.383 e. The summed E-state index contributed by atoms with van der Waals surface area (Å²) in [6.07, 6.45) is 10.3. The topological polar surface area (TPSA) is 12.5 Å². The maximum atomic E-state index is 5.87. The lowest BCUT2D eigenvalue weighted by Gasteiger charge is -2.39. The van der Waals surface area contributed by atoms with Crippen molar-refractivity contribution in [2.45, 2.75) is 59.3 Å². The van der Waals surface area contributed by atoms with E-state index in [0.717, 1.165) is 13.0 Å². The molecule has 1 fully saturated rings. The third-order valence-corrected chi connectivity index (χ3v) is 6.98. The van der Waals surface area contributed by atoms with E-state index >= 15 is 0 Å². The molecule has 1 saturated heterocycles. The molecule has 0 aliphatic carbocycles. The lowest BCUT2D eigenvalue weighted by molar-refractivity contribution is 0.124. The van der Waals surface area contributed by atoms with Gasteiger partial charge >= 0.3 is 0 Å². The molecule has 1 heterocycles. The number of rotatable bonds is 9. The van der Waals surface area contributed by atoms with Crippen LogP contribution in [0.2, 0.25) is 0 Å². The van der Waals surface area contributed by atoms with Crippen LogP contribution < -0.4 is 0 Å². The Kier molecular flexibility index (Phi) is 11.6. The molecule has 0 aromatic heterocycles. The Bertz CT molecular complexity index is 862. The smallest absolute Gasteiger partial charge is 0.0600 e. The molecule has 3 rings (SSSR count). The van der Waals surface area contributed by atoms with Gasteiger partial charge in [0.25, 0.3) is 0 Å². The highest BCUT2D eigenvalue weighted by atomic mass is 16.5. The molecule has 180 valence electrons. The van der Waals surface area contributed by atoms with E-state index in [4.69, 9.17) is 4.74 Å². The molecule has 2 aromatic carbocycles. The molecule has 1 aliphatic heterocycles. The van der Waals surface area contributed by atoms with Gasteiger partial charge in [0, 0.05) is 12.5 Å². The predicted octanol–water partition coefficient (Wildman–Crippen LogP) is 7.58. The standard InChI is InChI=1S/C29H39NO.C2H6/c1-5-12-25(6-2)26-17-20-30(21-18-26)22-19-29(23-31-4,27-14-8-7-9-15-27)28-16-11-10-13-24(28)3;1-2/h5-16,26H,17-23H2,1-4H3;1-2H3/b12-5-,25-6+;. The van der Waals surface area contributed by atoms with Crippen molar-refractivity contribution in [2.75, 3.05) is 33.4 Å². The van der Waals surface area contributed by atoms with Crippen LogP contribution in [0.1, 0.15) is 63.6 Å². The lowest BCUT2D eigenvalue weighted by Crippen LogP contribution is -2.41. The number of hydrogen-bond acceptors (Lipinski definition) is 2. The fourth-order valence-electron chi connectivity index (χ4n) is 5.28. The predicted molar refractivity (Wildman–Crippen MR) is 144 cm³/mol. The zero-order valence-electron chi connectivity index (χ0n) is 21.8. The lowest BCUT2D eigenvalue weighted by atomic mass is 9.71. The molecule has 1 atom stereocenters. The van der Waals surface area contributed by atoms with Gasteiger partial charge in [-0.1, -0.05) is 86.7 Å². The van der Waals surface area contributed by atoms with Crippen molar-refractivity contribution in [3.8, 4) is 0 Å². The monoisotopic (exact) mass is 447 g/mol. The van der Waals surface area contributed by atoms with Gasteiger partial charge in [0.05, 0.1) is 6.61 Å². The summed E-state index contributed by atoms with van der Waals surface area (Å²) in [5.74, 6) is 0.701. The molecule has 2 nitrogen and oxygen atoms in total. The third kappa shape index (κ3) is 6.91. The molecule has 0 saturated carbocycles. The van der Waals surface area contributed by atoms with Crippen molar-refractivity contribution in [1.29, 1.82) is 0 Å². The number of ether oxygens (including phenoxy) is 1. The van der Waals surface area contributed by atoms with Crippen molar-refractivity contribution in [2.24, 2.45) is 5.92 Å². The number of likely N-dealkylation sites (tertiary alicyclic amines) is 1. The highest BCUT2D eigenvalue weighted by Gasteiger charge is 2.36. The number of allylic oxidation sites excluding steroid dienone is 4. The van der Waals surface area contributed by atoms with E-state index in [2.05, 4.69) is 98.5 Å². The van der Waals surface area contributed by atoms with Crippen LogP contribution in [0, 0.1) is 12.8 Å². The Hall–Kier alpha value is -2.16. The van der Waals surface area contributed by atoms with Crippen molar-refractivity contribution in [3.05, 3.63) is 95.1 Å². The first-order valence-corrected chi connectivity index (χ1v) is 12.8. The molecule has 0 spiro atoms. The van der Waals surface area contributed by atoms with Gasteiger partial charge in [-0.15, -0.1) is 0 Å². The second kappa shape index (κ2) is 14.2. The molecule has 2 aromatic rings.